The van der Waals surface area contributed by atoms with Crippen LogP contribution in [-0.2, 0) is 12.8 Å². The highest BCUT2D eigenvalue weighted by atomic mass is 35.5. The van der Waals surface area contributed by atoms with Crippen molar-refractivity contribution in [1.29, 1.82) is 0 Å². The van der Waals surface area contributed by atoms with E-state index in [1.54, 1.807) is 0 Å². The molecule has 0 aliphatic carbocycles. The van der Waals surface area contributed by atoms with Gasteiger partial charge in [0.15, 0.2) is 11.5 Å². The highest BCUT2D eigenvalue weighted by Crippen LogP contribution is 2.38. The molecule has 2 heterocycles. The molecule has 1 aliphatic rings. The fraction of sp³-hybridized carbons (Fsp3) is 0.273. The van der Waals surface area contributed by atoms with Crippen molar-refractivity contribution < 1.29 is 14.3 Å². The molecule has 150 valence electrons. The Morgan fingerprint density at radius 2 is 1.97 bits per heavy atom. The zero-order valence-electron chi connectivity index (χ0n) is 16.0. The first-order valence-corrected chi connectivity index (χ1v) is 10.7. The van der Waals surface area contributed by atoms with Crippen LogP contribution in [0.15, 0.2) is 42.5 Å². The SMILES string of the molecule is Cc1nc(Cc2ccccc2)sc1C(=O)NCCc1cc(Cl)c2c(c1)OCCO2. The Kier molecular flexibility index (Phi) is 6.02. The van der Waals surface area contributed by atoms with Gasteiger partial charge in [-0.2, -0.15) is 0 Å². The molecule has 1 amide bonds. The van der Waals surface area contributed by atoms with Crippen molar-refractivity contribution in [3.05, 3.63) is 74.2 Å². The number of aryl methyl sites for hydroxylation is 1. The summed E-state index contributed by atoms with van der Waals surface area (Å²) in [5.74, 6) is 1.16. The van der Waals surface area contributed by atoms with E-state index in [0.717, 1.165) is 22.7 Å². The minimum atomic E-state index is -0.0945. The minimum Gasteiger partial charge on any atom is -0.486 e. The van der Waals surface area contributed by atoms with Gasteiger partial charge >= 0.3 is 0 Å². The van der Waals surface area contributed by atoms with E-state index in [2.05, 4.69) is 22.4 Å². The van der Waals surface area contributed by atoms with Gasteiger partial charge in [0.2, 0.25) is 0 Å². The van der Waals surface area contributed by atoms with Gasteiger partial charge in [0, 0.05) is 13.0 Å². The molecule has 7 heteroatoms. The van der Waals surface area contributed by atoms with E-state index < -0.39 is 0 Å². The summed E-state index contributed by atoms with van der Waals surface area (Å²) in [5, 5.41) is 4.46. The van der Waals surface area contributed by atoms with Crippen LogP contribution in [0.4, 0.5) is 0 Å². The Morgan fingerprint density at radius 3 is 2.79 bits per heavy atom. The maximum absolute atomic E-state index is 12.6. The molecular weight excluding hydrogens is 408 g/mol. The second-order valence-corrected chi connectivity index (χ2v) is 8.28. The Hall–Kier alpha value is -2.57. The first kappa shape index (κ1) is 19.7. The molecule has 4 rings (SSSR count). The number of nitrogens with one attached hydrogen (secondary N) is 1. The number of carbonyl (C=O) groups excluding carboxylic acids is 1. The lowest BCUT2D eigenvalue weighted by Crippen LogP contribution is -2.25. The Morgan fingerprint density at radius 1 is 1.17 bits per heavy atom. The molecule has 29 heavy (non-hydrogen) atoms. The average molecular weight is 429 g/mol. The molecule has 0 saturated carbocycles. The van der Waals surface area contributed by atoms with Gasteiger partial charge in [0.05, 0.1) is 15.7 Å². The standard InChI is InChI=1S/C22H21ClN2O3S/c1-14-21(29-19(25-14)13-15-5-3-2-4-6-15)22(26)24-8-7-16-11-17(23)20-18(12-16)27-9-10-28-20/h2-6,11-12H,7-10,13H2,1H3,(H,24,26). The second-order valence-electron chi connectivity index (χ2n) is 6.79. The number of carbonyl (C=O) groups is 1. The van der Waals surface area contributed by atoms with Crippen molar-refractivity contribution in [1.82, 2.24) is 10.3 Å². The number of benzene rings is 2. The van der Waals surface area contributed by atoms with Crippen molar-refractivity contribution >= 4 is 28.8 Å². The number of aromatic nitrogens is 1. The number of nitrogens with zero attached hydrogens (tertiary/aromatic N) is 1. The summed E-state index contributed by atoms with van der Waals surface area (Å²) in [4.78, 5) is 17.8. The maximum atomic E-state index is 12.6. The quantitative estimate of drug-likeness (QED) is 0.630. The number of fused-ring (bicyclic) bond motifs is 1. The first-order valence-electron chi connectivity index (χ1n) is 9.46. The summed E-state index contributed by atoms with van der Waals surface area (Å²) in [7, 11) is 0. The van der Waals surface area contributed by atoms with Crippen LogP contribution in [0, 0.1) is 6.92 Å². The highest BCUT2D eigenvalue weighted by molar-refractivity contribution is 7.13. The monoisotopic (exact) mass is 428 g/mol. The number of halogens is 1. The Labute approximate surface area is 178 Å². The third-order valence-corrected chi connectivity index (χ3v) is 6.04. The van der Waals surface area contributed by atoms with Crippen LogP contribution < -0.4 is 14.8 Å². The van der Waals surface area contributed by atoms with Crippen LogP contribution in [0.25, 0.3) is 0 Å². The summed E-state index contributed by atoms with van der Waals surface area (Å²) in [6.45, 7) is 3.39. The van der Waals surface area contributed by atoms with Crippen LogP contribution in [-0.4, -0.2) is 30.6 Å². The molecular formula is C22H21ClN2O3S. The number of hydrogen-bond donors (Lipinski definition) is 1. The topological polar surface area (TPSA) is 60.5 Å². The number of hydrogen-bond acceptors (Lipinski definition) is 5. The van der Waals surface area contributed by atoms with E-state index in [4.69, 9.17) is 21.1 Å². The molecule has 0 saturated heterocycles. The van der Waals surface area contributed by atoms with Crippen LogP contribution in [0.3, 0.4) is 0 Å². The molecule has 2 aromatic carbocycles. The van der Waals surface area contributed by atoms with Crippen LogP contribution in [0.1, 0.15) is 31.5 Å². The predicted octanol–water partition coefficient (Wildman–Crippen LogP) is 4.44. The van der Waals surface area contributed by atoms with E-state index >= 15 is 0 Å². The van der Waals surface area contributed by atoms with Gasteiger partial charge in [-0.05, 0) is 36.6 Å². The van der Waals surface area contributed by atoms with Gasteiger partial charge in [-0.25, -0.2) is 4.98 Å². The predicted molar refractivity (Wildman–Crippen MR) is 115 cm³/mol. The molecule has 1 aliphatic heterocycles. The van der Waals surface area contributed by atoms with Gasteiger partial charge in [0.1, 0.15) is 18.1 Å². The van der Waals surface area contributed by atoms with Crippen molar-refractivity contribution in [2.24, 2.45) is 0 Å². The molecule has 0 radical (unpaired) electrons. The van der Waals surface area contributed by atoms with Gasteiger partial charge < -0.3 is 14.8 Å². The summed E-state index contributed by atoms with van der Waals surface area (Å²) in [5.41, 5.74) is 2.94. The molecule has 0 fully saturated rings. The smallest absolute Gasteiger partial charge is 0.263 e. The molecule has 1 N–H and O–H groups in total. The van der Waals surface area contributed by atoms with E-state index in [1.165, 1.54) is 16.9 Å². The Bertz CT molecular complexity index is 1020. The van der Waals surface area contributed by atoms with Crippen molar-refractivity contribution in [2.45, 2.75) is 19.8 Å². The van der Waals surface area contributed by atoms with Crippen LogP contribution in [0.2, 0.25) is 5.02 Å². The summed E-state index contributed by atoms with van der Waals surface area (Å²) in [6, 6.07) is 13.9. The largest absolute Gasteiger partial charge is 0.486 e. The molecule has 5 nitrogen and oxygen atoms in total. The summed E-state index contributed by atoms with van der Waals surface area (Å²) in [6.07, 6.45) is 1.38. The third-order valence-electron chi connectivity index (χ3n) is 4.60. The van der Waals surface area contributed by atoms with Gasteiger partial charge in [0.25, 0.3) is 5.91 Å². The van der Waals surface area contributed by atoms with E-state index in [0.29, 0.717) is 47.6 Å². The minimum absolute atomic E-state index is 0.0945. The molecule has 0 unspecified atom stereocenters. The lowest BCUT2D eigenvalue weighted by Gasteiger charge is -2.20. The lowest BCUT2D eigenvalue weighted by atomic mass is 10.1. The zero-order chi connectivity index (χ0) is 20.2. The van der Waals surface area contributed by atoms with E-state index in [1.807, 2.05) is 37.3 Å². The Balaban J connectivity index is 1.36. The number of ether oxygens (including phenoxy) is 2. The molecule has 0 bridgehead atoms. The second kappa shape index (κ2) is 8.84. The maximum Gasteiger partial charge on any atom is 0.263 e. The number of thiazole rings is 1. The van der Waals surface area contributed by atoms with Crippen molar-refractivity contribution in [3.63, 3.8) is 0 Å². The molecule has 3 aromatic rings. The fourth-order valence-corrected chi connectivity index (χ4v) is 4.52. The highest BCUT2D eigenvalue weighted by Gasteiger charge is 2.18. The molecule has 0 atom stereocenters. The van der Waals surface area contributed by atoms with Gasteiger partial charge in [-0.3, -0.25) is 4.79 Å². The average Bonchev–Trinajstić information content (AvgIpc) is 3.09. The van der Waals surface area contributed by atoms with E-state index in [-0.39, 0.29) is 5.91 Å². The van der Waals surface area contributed by atoms with Gasteiger partial charge in [-0.15, -0.1) is 11.3 Å². The summed E-state index contributed by atoms with van der Waals surface area (Å²) >= 11 is 7.72. The van der Waals surface area contributed by atoms with Crippen LogP contribution >= 0.6 is 22.9 Å². The number of rotatable bonds is 6. The third kappa shape index (κ3) is 4.71. The fourth-order valence-electron chi connectivity index (χ4n) is 3.22. The van der Waals surface area contributed by atoms with Crippen molar-refractivity contribution in [2.75, 3.05) is 19.8 Å². The zero-order valence-corrected chi connectivity index (χ0v) is 17.6. The molecule has 1 aromatic heterocycles. The van der Waals surface area contributed by atoms with Crippen molar-refractivity contribution in [3.8, 4) is 11.5 Å². The number of amides is 1. The van der Waals surface area contributed by atoms with E-state index in [9.17, 15) is 4.79 Å². The summed E-state index contributed by atoms with van der Waals surface area (Å²) < 4.78 is 11.1. The first-order chi connectivity index (χ1) is 14.1. The molecule has 0 spiro atoms. The normalized spacial score (nSPS) is 12.6. The van der Waals surface area contributed by atoms with Gasteiger partial charge in [-0.1, -0.05) is 41.9 Å². The van der Waals surface area contributed by atoms with Crippen LogP contribution in [0.5, 0.6) is 11.5 Å². The lowest BCUT2D eigenvalue weighted by molar-refractivity contribution is 0.0957.